The lowest BCUT2D eigenvalue weighted by atomic mass is 10.1. The summed E-state index contributed by atoms with van der Waals surface area (Å²) in [4.78, 5) is 1.15. The van der Waals surface area contributed by atoms with Crippen molar-refractivity contribution in [2.75, 3.05) is 25.1 Å². The van der Waals surface area contributed by atoms with Crippen LogP contribution in [0, 0.1) is 0 Å². The molecule has 0 amide bonds. The third-order valence-electron chi connectivity index (χ3n) is 3.25. The highest BCUT2D eigenvalue weighted by molar-refractivity contribution is 7.88. The van der Waals surface area contributed by atoms with Gasteiger partial charge in [-0.25, -0.2) is 12.7 Å². The second-order valence-corrected chi connectivity index (χ2v) is 7.60. The van der Waals surface area contributed by atoms with E-state index in [0.717, 1.165) is 30.0 Å². The van der Waals surface area contributed by atoms with Gasteiger partial charge in [-0.15, -0.1) is 11.3 Å². The second-order valence-electron chi connectivity index (χ2n) is 4.62. The lowest BCUT2D eigenvalue weighted by molar-refractivity contribution is 0.290. The summed E-state index contributed by atoms with van der Waals surface area (Å²) in [5.74, 6) is 0. The number of nitrogens with zero attached hydrogens (tertiary/aromatic N) is 1. The van der Waals surface area contributed by atoms with Crippen LogP contribution < -0.4 is 11.1 Å². The smallest absolute Gasteiger partial charge is 0.211 e. The van der Waals surface area contributed by atoms with Crippen LogP contribution in [0.3, 0.4) is 0 Å². The molecule has 0 saturated carbocycles. The van der Waals surface area contributed by atoms with Gasteiger partial charge in [-0.1, -0.05) is 0 Å². The summed E-state index contributed by atoms with van der Waals surface area (Å²) in [6.45, 7) is 1.99. The van der Waals surface area contributed by atoms with Gasteiger partial charge in [-0.3, -0.25) is 0 Å². The van der Waals surface area contributed by atoms with Crippen molar-refractivity contribution in [2.45, 2.75) is 25.4 Å². The van der Waals surface area contributed by atoms with Crippen LogP contribution in [-0.2, 0) is 16.6 Å². The van der Waals surface area contributed by atoms with E-state index in [0.29, 0.717) is 19.1 Å². The molecule has 0 aromatic carbocycles. The molecule has 1 aromatic rings. The lowest BCUT2D eigenvalue weighted by Crippen LogP contribution is -2.44. The first-order valence-electron chi connectivity index (χ1n) is 5.97. The molecule has 7 heteroatoms. The fraction of sp³-hybridized carbons (Fsp3) is 0.636. The normalized spacial score (nSPS) is 19.2. The van der Waals surface area contributed by atoms with Crippen LogP contribution in [-0.4, -0.2) is 38.1 Å². The minimum absolute atomic E-state index is 0.379. The molecule has 5 nitrogen and oxygen atoms in total. The standard InChI is InChI=1S/C11H19N3O2S2/c1-18(15,16)14-5-2-9(3-6-14)13-8-11-10(12)4-7-17-11/h4,7,9,13H,2-3,5-6,8,12H2,1H3. The summed E-state index contributed by atoms with van der Waals surface area (Å²) >= 11 is 1.65. The molecule has 2 heterocycles. The molecule has 0 spiro atoms. The number of nitrogens with two attached hydrogens (primary N) is 1. The molecule has 3 N–H and O–H groups in total. The SMILES string of the molecule is CS(=O)(=O)N1CCC(NCc2sccc2N)CC1. The first-order valence-corrected chi connectivity index (χ1v) is 8.70. The van der Waals surface area contributed by atoms with Crippen molar-refractivity contribution in [3.05, 3.63) is 16.3 Å². The largest absolute Gasteiger partial charge is 0.398 e. The van der Waals surface area contributed by atoms with E-state index < -0.39 is 10.0 Å². The molecular formula is C11H19N3O2S2. The van der Waals surface area contributed by atoms with Gasteiger partial charge in [0.05, 0.1) is 6.26 Å². The predicted molar refractivity (Wildman–Crippen MR) is 75.0 cm³/mol. The van der Waals surface area contributed by atoms with E-state index in [2.05, 4.69) is 5.32 Å². The average molecular weight is 289 g/mol. The minimum atomic E-state index is -3.03. The number of piperidine rings is 1. The van der Waals surface area contributed by atoms with Gasteiger partial charge in [0, 0.05) is 36.2 Å². The molecule has 0 aliphatic carbocycles. The van der Waals surface area contributed by atoms with Crippen LogP contribution in [0.4, 0.5) is 5.69 Å². The van der Waals surface area contributed by atoms with Crippen LogP contribution in [0.5, 0.6) is 0 Å². The molecule has 0 bridgehead atoms. The maximum atomic E-state index is 11.4. The Labute approximate surface area is 112 Å². The fourth-order valence-corrected chi connectivity index (χ4v) is 3.75. The van der Waals surface area contributed by atoms with Gasteiger partial charge in [0.25, 0.3) is 0 Å². The van der Waals surface area contributed by atoms with E-state index in [-0.39, 0.29) is 0 Å². The van der Waals surface area contributed by atoms with Crippen LogP contribution in [0.15, 0.2) is 11.4 Å². The van der Waals surface area contributed by atoms with Gasteiger partial charge in [-0.2, -0.15) is 0 Å². The van der Waals surface area contributed by atoms with Crippen LogP contribution in [0.25, 0.3) is 0 Å². The fourth-order valence-electron chi connectivity index (χ4n) is 2.12. The summed E-state index contributed by atoms with van der Waals surface area (Å²) < 4.78 is 24.3. The molecule has 1 aliphatic heterocycles. The van der Waals surface area contributed by atoms with Crippen molar-refractivity contribution in [1.82, 2.24) is 9.62 Å². The third kappa shape index (κ3) is 3.44. The first kappa shape index (κ1) is 13.8. The Morgan fingerprint density at radius 1 is 1.50 bits per heavy atom. The van der Waals surface area contributed by atoms with Crippen molar-refractivity contribution in [3.63, 3.8) is 0 Å². The molecule has 1 fully saturated rings. The van der Waals surface area contributed by atoms with E-state index in [1.165, 1.54) is 6.26 Å². The van der Waals surface area contributed by atoms with Crippen LogP contribution >= 0.6 is 11.3 Å². The lowest BCUT2D eigenvalue weighted by Gasteiger charge is -2.30. The van der Waals surface area contributed by atoms with Gasteiger partial charge < -0.3 is 11.1 Å². The highest BCUT2D eigenvalue weighted by Crippen LogP contribution is 2.20. The van der Waals surface area contributed by atoms with E-state index in [9.17, 15) is 8.42 Å². The Bertz CT molecular complexity index is 490. The number of rotatable bonds is 4. The maximum Gasteiger partial charge on any atom is 0.211 e. The van der Waals surface area contributed by atoms with Gasteiger partial charge in [0.15, 0.2) is 0 Å². The molecule has 1 saturated heterocycles. The quantitative estimate of drug-likeness (QED) is 0.861. The topological polar surface area (TPSA) is 75.4 Å². The van der Waals surface area contributed by atoms with Gasteiger partial charge in [0.2, 0.25) is 10.0 Å². The Morgan fingerprint density at radius 3 is 2.67 bits per heavy atom. The van der Waals surface area contributed by atoms with Crippen molar-refractivity contribution >= 4 is 27.0 Å². The Balaban J connectivity index is 1.79. The number of nitrogen functional groups attached to an aromatic ring is 1. The number of thiophene rings is 1. The zero-order chi connectivity index (χ0) is 13.2. The van der Waals surface area contributed by atoms with Gasteiger partial charge >= 0.3 is 0 Å². The minimum Gasteiger partial charge on any atom is -0.398 e. The highest BCUT2D eigenvalue weighted by atomic mass is 32.2. The highest BCUT2D eigenvalue weighted by Gasteiger charge is 2.24. The number of hydrogen-bond donors (Lipinski definition) is 2. The summed E-state index contributed by atoms with van der Waals surface area (Å²) in [7, 11) is -3.03. The van der Waals surface area contributed by atoms with E-state index in [1.54, 1.807) is 15.6 Å². The zero-order valence-corrected chi connectivity index (χ0v) is 12.1. The molecule has 2 rings (SSSR count). The van der Waals surface area contributed by atoms with Crippen molar-refractivity contribution < 1.29 is 8.42 Å². The number of anilines is 1. The van der Waals surface area contributed by atoms with Crippen molar-refractivity contribution in [3.8, 4) is 0 Å². The van der Waals surface area contributed by atoms with Crippen LogP contribution in [0.2, 0.25) is 0 Å². The molecule has 18 heavy (non-hydrogen) atoms. The van der Waals surface area contributed by atoms with E-state index >= 15 is 0 Å². The van der Waals surface area contributed by atoms with Gasteiger partial charge in [-0.05, 0) is 24.3 Å². The summed E-state index contributed by atoms with van der Waals surface area (Å²) in [6, 6.07) is 2.29. The second kappa shape index (κ2) is 5.56. The van der Waals surface area contributed by atoms with Gasteiger partial charge in [0.1, 0.15) is 0 Å². The average Bonchev–Trinajstić information content (AvgIpc) is 2.72. The number of hydrogen-bond acceptors (Lipinski definition) is 5. The summed E-state index contributed by atoms with van der Waals surface area (Å²) in [6.07, 6.45) is 2.99. The Hall–Kier alpha value is -0.630. The molecule has 0 atom stereocenters. The number of nitrogens with one attached hydrogen (secondary N) is 1. The molecule has 0 radical (unpaired) electrons. The maximum absolute atomic E-state index is 11.4. The molecule has 0 unspecified atom stereocenters. The monoisotopic (exact) mass is 289 g/mol. The summed E-state index contributed by atoms with van der Waals surface area (Å²) in [5, 5.41) is 5.43. The van der Waals surface area contributed by atoms with Crippen molar-refractivity contribution in [2.24, 2.45) is 0 Å². The summed E-state index contributed by atoms with van der Waals surface area (Å²) in [5.41, 5.74) is 6.65. The third-order valence-corrected chi connectivity index (χ3v) is 5.49. The first-order chi connectivity index (χ1) is 8.47. The Morgan fingerprint density at radius 2 is 2.17 bits per heavy atom. The number of sulfonamides is 1. The van der Waals surface area contributed by atoms with Crippen molar-refractivity contribution in [1.29, 1.82) is 0 Å². The van der Waals surface area contributed by atoms with E-state index in [4.69, 9.17) is 5.73 Å². The molecule has 102 valence electrons. The zero-order valence-electron chi connectivity index (χ0n) is 10.4. The molecule has 1 aliphatic rings. The molecule has 1 aromatic heterocycles. The molecular weight excluding hydrogens is 270 g/mol. The van der Waals surface area contributed by atoms with E-state index in [1.807, 2.05) is 11.4 Å². The Kier molecular flexibility index (Phi) is 4.26. The van der Waals surface area contributed by atoms with Crippen LogP contribution in [0.1, 0.15) is 17.7 Å². The predicted octanol–water partition coefficient (Wildman–Crippen LogP) is 0.844.